The lowest BCUT2D eigenvalue weighted by Gasteiger charge is -2.28. The standard InChI is InChI=1S/C21H18N4O2S/c1-21(2)18-15(13-4-3-11(10-22)9-14(13)23-18)16(27)17-19(21)24-20(28-17)25-7-5-12(26)6-8-25/h3-4,9,23H,5-8H2,1-2H3. The average molecular weight is 390 g/mol. The van der Waals surface area contributed by atoms with Crippen molar-refractivity contribution in [2.24, 2.45) is 0 Å². The van der Waals surface area contributed by atoms with E-state index in [4.69, 9.17) is 10.2 Å². The van der Waals surface area contributed by atoms with E-state index in [1.165, 1.54) is 11.3 Å². The zero-order valence-electron chi connectivity index (χ0n) is 15.6. The zero-order valence-corrected chi connectivity index (χ0v) is 16.4. The molecular formula is C21H18N4O2S. The van der Waals surface area contributed by atoms with Crippen molar-refractivity contribution in [3.8, 4) is 6.07 Å². The van der Waals surface area contributed by atoms with Gasteiger partial charge in [-0.1, -0.05) is 17.4 Å². The van der Waals surface area contributed by atoms with Crippen LogP contribution in [0.1, 0.15) is 58.9 Å². The van der Waals surface area contributed by atoms with Crippen LogP contribution in [0.25, 0.3) is 10.9 Å². The minimum atomic E-state index is -0.454. The lowest BCUT2D eigenvalue weighted by Crippen LogP contribution is -2.34. The van der Waals surface area contributed by atoms with Crippen molar-refractivity contribution in [2.45, 2.75) is 32.1 Å². The third-order valence-corrected chi connectivity index (χ3v) is 6.90. The Morgan fingerprint density at radius 1 is 1.25 bits per heavy atom. The van der Waals surface area contributed by atoms with Gasteiger partial charge in [0, 0.05) is 47.9 Å². The van der Waals surface area contributed by atoms with Crippen molar-refractivity contribution in [1.82, 2.24) is 9.97 Å². The van der Waals surface area contributed by atoms with E-state index in [0.717, 1.165) is 27.4 Å². The number of benzene rings is 1. The number of anilines is 1. The van der Waals surface area contributed by atoms with Crippen LogP contribution < -0.4 is 4.90 Å². The fourth-order valence-electron chi connectivity index (χ4n) is 4.17. The molecule has 0 unspecified atom stereocenters. The number of Topliss-reactive ketones (excluding diaryl/α,β-unsaturated/α-hetero) is 1. The van der Waals surface area contributed by atoms with Gasteiger partial charge in [-0.05, 0) is 26.0 Å². The number of rotatable bonds is 1. The summed E-state index contributed by atoms with van der Waals surface area (Å²) in [7, 11) is 0. The number of carbonyl (C=O) groups is 2. The van der Waals surface area contributed by atoms with Crippen LogP contribution in [-0.4, -0.2) is 34.6 Å². The van der Waals surface area contributed by atoms with Crippen LogP contribution in [0.15, 0.2) is 18.2 Å². The first-order chi connectivity index (χ1) is 13.4. The van der Waals surface area contributed by atoms with E-state index >= 15 is 0 Å². The molecule has 2 aromatic heterocycles. The summed E-state index contributed by atoms with van der Waals surface area (Å²) < 4.78 is 0. The second kappa shape index (κ2) is 5.76. The molecule has 28 heavy (non-hydrogen) atoms. The second-order valence-electron chi connectivity index (χ2n) is 7.90. The molecule has 3 aromatic rings. The molecule has 3 heterocycles. The van der Waals surface area contributed by atoms with Gasteiger partial charge in [0.05, 0.1) is 22.9 Å². The monoisotopic (exact) mass is 390 g/mol. The third kappa shape index (κ3) is 2.28. The molecule has 5 rings (SSSR count). The van der Waals surface area contributed by atoms with Crippen molar-refractivity contribution < 1.29 is 9.59 Å². The van der Waals surface area contributed by atoms with E-state index in [9.17, 15) is 9.59 Å². The number of H-pyrrole nitrogens is 1. The Hall–Kier alpha value is -2.98. The second-order valence-corrected chi connectivity index (χ2v) is 8.88. The number of aromatic nitrogens is 2. The number of aromatic amines is 1. The van der Waals surface area contributed by atoms with Gasteiger partial charge in [0.1, 0.15) is 10.7 Å². The molecule has 1 N–H and O–H groups in total. The molecule has 0 amide bonds. The number of nitrogens with zero attached hydrogens (tertiary/aromatic N) is 3. The maximum absolute atomic E-state index is 13.4. The SMILES string of the molecule is CC1(C)c2nc(N3CCC(=O)CC3)sc2C(=O)c2c1[nH]c1cc(C#N)ccc21. The highest BCUT2D eigenvalue weighted by Gasteiger charge is 2.43. The molecule has 0 spiro atoms. The number of nitriles is 1. The molecule has 6 nitrogen and oxygen atoms in total. The minimum absolute atomic E-state index is 0.0166. The molecule has 1 aliphatic heterocycles. The van der Waals surface area contributed by atoms with Crippen LogP contribution in [-0.2, 0) is 10.2 Å². The fraction of sp³-hybridized carbons (Fsp3) is 0.333. The highest BCUT2D eigenvalue weighted by molar-refractivity contribution is 7.18. The average Bonchev–Trinajstić information content (AvgIpc) is 3.30. The van der Waals surface area contributed by atoms with E-state index in [-0.39, 0.29) is 11.6 Å². The fourth-order valence-corrected chi connectivity index (χ4v) is 5.40. The van der Waals surface area contributed by atoms with Crippen LogP contribution in [0.3, 0.4) is 0 Å². The lowest BCUT2D eigenvalue weighted by molar-refractivity contribution is -0.119. The summed E-state index contributed by atoms with van der Waals surface area (Å²) in [5.41, 5.74) is 3.22. The van der Waals surface area contributed by atoms with E-state index < -0.39 is 5.41 Å². The quantitative estimate of drug-likeness (QED) is 0.686. The Balaban J connectivity index is 1.65. The smallest absolute Gasteiger partial charge is 0.207 e. The number of hydrogen-bond donors (Lipinski definition) is 1. The van der Waals surface area contributed by atoms with Crippen molar-refractivity contribution in [1.29, 1.82) is 5.26 Å². The van der Waals surface area contributed by atoms with Crippen molar-refractivity contribution in [3.63, 3.8) is 0 Å². The molecular weight excluding hydrogens is 372 g/mol. The van der Waals surface area contributed by atoms with Crippen LogP contribution >= 0.6 is 11.3 Å². The number of hydrogen-bond acceptors (Lipinski definition) is 6. The Labute approximate surface area is 165 Å². The largest absolute Gasteiger partial charge is 0.357 e. The summed E-state index contributed by atoms with van der Waals surface area (Å²) in [6.45, 7) is 5.46. The number of ketones is 2. The van der Waals surface area contributed by atoms with Gasteiger partial charge < -0.3 is 9.88 Å². The Bertz CT molecular complexity index is 1200. The van der Waals surface area contributed by atoms with Crippen molar-refractivity contribution in [3.05, 3.63) is 45.6 Å². The molecule has 0 saturated carbocycles. The van der Waals surface area contributed by atoms with Crippen LogP contribution in [0.2, 0.25) is 0 Å². The summed E-state index contributed by atoms with van der Waals surface area (Å²) in [6, 6.07) is 7.52. The minimum Gasteiger partial charge on any atom is -0.357 e. The molecule has 1 saturated heterocycles. The number of thiazole rings is 1. The number of carbonyl (C=O) groups excluding carboxylic acids is 2. The maximum Gasteiger partial charge on any atom is 0.207 e. The summed E-state index contributed by atoms with van der Waals surface area (Å²) in [5.74, 6) is 0.268. The summed E-state index contributed by atoms with van der Waals surface area (Å²) in [4.78, 5) is 36.0. The van der Waals surface area contributed by atoms with Crippen molar-refractivity contribution in [2.75, 3.05) is 18.0 Å². The molecule has 2 aliphatic rings. The Morgan fingerprint density at radius 3 is 2.71 bits per heavy atom. The normalized spacial score (nSPS) is 18.1. The first-order valence-electron chi connectivity index (χ1n) is 9.29. The predicted octanol–water partition coefficient (Wildman–Crippen LogP) is 3.54. The van der Waals surface area contributed by atoms with Gasteiger partial charge in [-0.25, -0.2) is 4.98 Å². The number of nitrogens with one attached hydrogen (secondary N) is 1. The molecule has 1 aliphatic carbocycles. The summed E-state index contributed by atoms with van der Waals surface area (Å²) >= 11 is 1.42. The molecule has 0 atom stereocenters. The molecule has 7 heteroatoms. The highest BCUT2D eigenvalue weighted by Crippen LogP contribution is 2.46. The van der Waals surface area contributed by atoms with Gasteiger partial charge >= 0.3 is 0 Å². The predicted molar refractivity (Wildman–Crippen MR) is 107 cm³/mol. The van der Waals surface area contributed by atoms with Gasteiger partial charge in [0.15, 0.2) is 5.13 Å². The molecule has 0 bridgehead atoms. The van der Waals surface area contributed by atoms with Gasteiger partial charge in [-0.2, -0.15) is 5.26 Å². The highest BCUT2D eigenvalue weighted by atomic mass is 32.1. The van der Waals surface area contributed by atoms with E-state index in [1.54, 1.807) is 12.1 Å². The topological polar surface area (TPSA) is 89.8 Å². The Morgan fingerprint density at radius 2 is 2.00 bits per heavy atom. The Kier molecular flexibility index (Phi) is 3.52. The third-order valence-electron chi connectivity index (χ3n) is 5.79. The molecule has 0 radical (unpaired) electrons. The van der Waals surface area contributed by atoms with E-state index in [1.807, 2.05) is 6.07 Å². The summed E-state index contributed by atoms with van der Waals surface area (Å²) in [5, 5.41) is 10.8. The maximum atomic E-state index is 13.4. The molecule has 1 fully saturated rings. The van der Waals surface area contributed by atoms with Crippen molar-refractivity contribution >= 4 is 38.9 Å². The number of fused-ring (bicyclic) bond motifs is 4. The van der Waals surface area contributed by atoms with E-state index in [2.05, 4.69) is 29.8 Å². The number of piperidine rings is 1. The van der Waals surface area contributed by atoms with Gasteiger partial charge in [0.25, 0.3) is 0 Å². The lowest BCUT2D eigenvalue weighted by atomic mass is 9.77. The zero-order chi connectivity index (χ0) is 19.6. The molecule has 1 aromatic carbocycles. The van der Waals surface area contributed by atoms with Gasteiger partial charge in [-0.15, -0.1) is 0 Å². The van der Waals surface area contributed by atoms with Gasteiger partial charge in [-0.3, -0.25) is 9.59 Å². The summed E-state index contributed by atoms with van der Waals surface area (Å²) in [6.07, 6.45) is 1.07. The van der Waals surface area contributed by atoms with Crippen LogP contribution in [0, 0.1) is 11.3 Å². The van der Waals surface area contributed by atoms with Crippen LogP contribution in [0.4, 0.5) is 5.13 Å². The van der Waals surface area contributed by atoms with E-state index in [0.29, 0.717) is 41.9 Å². The molecule has 140 valence electrons. The first kappa shape index (κ1) is 17.1. The van der Waals surface area contributed by atoms with Gasteiger partial charge in [0.2, 0.25) is 5.78 Å². The van der Waals surface area contributed by atoms with Crippen LogP contribution in [0.5, 0.6) is 0 Å². The first-order valence-corrected chi connectivity index (χ1v) is 10.1.